The molecule has 2 aromatic rings. The molecule has 0 saturated carbocycles. The SMILES string of the molecule is CCc1ccc(C(=O)O)c(C(=O)O)c1CC(C)C.O=C(O)c1ccccc1C(=O)O. The van der Waals surface area contributed by atoms with E-state index in [1.165, 1.54) is 30.3 Å². The molecule has 0 aliphatic heterocycles. The minimum absolute atomic E-state index is 0.0597. The first-order valence-corrected chi connectivity index (χ1v) is 9.18. The second-order valence-corrected chi connectivity index (χ2v) is 6.84. The zero-order valence-electron chi connectivity index (χ0n) is 16.9. The van der Waals surface area contributed by atoms with E-state index in [1.54, 1.807) is 6.07 Å². The van der Waals surface area contributed by atoms with Crippen LogP contribution in [0.1, 0.15) is 73.3 Å². The Morgan fingerprint density at radius 3 is 1.53 bits per heavy atom. The fraction of sp³-hybridized carbons (Fsp3) is 0.273. The number of hydrogen-bond acceptors (Lipinski definition) is 4. The minimum Gasteiger partial charge on any atom is -0.478 e. The fourth-order valence-electron chi connectivity index (χ4n) is 2.94. The zero-order valence-corrected chi connectivity index (χ0v) is 16.9. The molecule has 2 aromatic carbocycles. The van der Waals surface area contributed by atoms with Gasteiger partial charge in [0.05, 0.1) is 22.3 Å². The standard InChI is InChI=1S/C14H18O4.C8H6O4/c1-4-9-5-6-10(13(15)16)12(14(17)18)11(9)7-8(2)3;9-7(10)5-3-1-2-4-6(5)8(11)12/h5-6,8H,4,7H2,1-3H3,(H,15,16)(H,17,18);1-4H,(H,9,10)(H,11,12). The zero-order chi connectivity index (χ0) is 23.0. The molecule has 2 rings (SSSR count). The predicted molar refractivity (Wildman–Crippen MR) is 109 cm³/mol. The van der Waals surface area contributed by atoms with Crippen LogP contribution in [0.15, 0.2) is 36.4 Å². The molecule has 8 nitrogen and oxygen atoms in total. The highest BCUT2D eigenvalue weighted by molar-refractivity contribution is 6.03. The Balaban J connectivity index is 0.000000325. The third kappa shape index (κ3) is 6.16. The van der Waals surface area contributed by atoms with E-state index in [9.17, 15) is 24.3 Å². The molecule has 0 radical (unpaired) electrons. The Morgan fingerprint density at radius 1 is 0.733 bits per heavy atom. The molecule has 0 amide bonds. The van der Waals surface area contributed by atoms with E-state index in [4.69, 9.17) is 15.3 Å². The van der Waals surface area contributed by atoms with E-state index in [2.05, 4.69) is 0 Å². The van der Waals surface area contributed by atoms with Gasteiger partial charge in [-0.15, -0.1) is 0 Å². The van der Waals surface area contributed by atoms with Crippen molar-refractivity contribution in [1.29, 1.82) is 0 Å². The summed E-state index contributed by atoms with van der Waals surface area (Å²) in [5.41, 5.74) is 0.993. The molecular formula is C22H24O8. The molecule has 0 saturated heterocycles. The van der Waals surface area contributed by atoms with E-state index >= 15 is 0 Å². The summed E-state index contributed by atoms with van der Waals surface area (Å²) in [6.07, 6.45) is 1.27. The van der Waals surface area contributed by atoms with Crippen molar-refractivity contribution >= 4 is 23.9 Å². The molecular weight excluding hydrogens is 392 g/mol. The number of carboxylic acid groups (broad SMARTS) is 4. The van der Waals surface area contributed by atoms with Crippen LogP contribution in [0.3, 0.4) is 0 Å². The minimum atomic E-state index is -1.23. The van der Waals surface area contributed by atoms with Crippen molar-refractivity contribution in [1.82, 2.24) is 0 Å². The lowest BCUT2D eigenvalue weighted by molar-refractivity contribution is 0.0650. The second kappa shape index (κ2) is 10.8. The maximum atomic E-state index is 11.3. The van der Waals surface area contributed by atoms with Gasteiger partial charge in [-0.05, 0) is 48.1 Å². The van der Waals surface area contributed by atoms with Crippen molar-refractivity contribution in [3.63, 3.8) is 0 Å². The van der Waals surface area contributed by atoms with Gasteiger partial charge in [0.2, 0.25) is 0 Å². The summed E-state index contributed by atoms with van der Waals surface area (Å²) < 4.78 is 0. The number of carboxylic acids is 4. The largest absolute Gasteiger partial charge is 0.478 e. The van der Waals surface area contributed by atoms with Gasteiger partial charge in [-0.2, -0.15) is 0 Å². The Morgan fingerprint density at radius 2 is 1.20 bits per heavy atom. The highest BCUT2D eigenvalue weighted by Gasteiger charge is 2.22. The van der Waals surface area contributed by atoms with Crippen LogP contribution in [-0.4, -0.2) is 44.3 Å². The van der Waals surface area contributed by atoms with Gasteiger partial charge in [0.25, 0.3) is 0 Å². The van der Waals surface area contributed by atoms with Gasteiger partial charge in [-0.25, -0.2) is 19.2 Å². The van der Waals surface area contributed by atoms with Gasteiger partial charge in [0, 0.05) is 0 Å². The first-order valence-electron chi connectivity index (χ1n) is 9.18. The Hall–Kier alpha value is -3.68. The third-order valence-corrected chi connectivity index (χ3v) is 4.24. The van der Waals surface area contributed by atoms with E-state index in [0.717, 1.165) is 5.56 Å². The molecule has 0 unspecified atom stereocenters. The summed E-state index contributed by atoms with van der Waals surface area (Å²) in [6, 6.07) is 8.57. The van der Waals surface area contributed by atoms with Gasteiger partial charge < -0.3 is 20.4 Å². The average Bonchev–Trinajstić information content (AvgIpc) is 2.67. The van der Waals surface area contributed by atoms with Crippen LogP contribution in [0.2, 0.25) is 0 Å². The van der Waals surface area contributed by atoms with Gasteiger partial charge >= 0.3 is 23.9 Å². The van der Waals surface area contributed by atoms with Crippen molar-refractivity contribution in [3.05, 3.63) is 69.8 Å². The quantitative estimate of drug-likeness (QED) is 0.530. The lowest BCUT2D eigenvalue weighted by atomic mass is 9.89. The maximum absolute atomic E-state index is 11.3. The van der Waals surface area contributed by atoms with Crippen molar-refractivity contribution in [2.75, 3.05) is 0 Å². The predicted octanol–water partition coefficient (Wildman–Crippen LogP) is 3.93. The smallest absolute Gasteiger partial charge is 0.336 e. The summed E-state index contributed by atoms with van der Waals surface area (Å²) in [5.74, 6) is -4.54. The average molecular weight is 416 g/mol. The molecule has 0 atom stereocenters. The fourth-order valence-corrected chi connectivity index (χ4v) is 2.94. The maximum Gasteiger partial charge on any atom is 0.336 e. The molecule has 8 heteroatoms. The molecule has 0 aromatic heterocycles. The number of benzene rings is 2. The molecule has 0 bridgehead atoms. The van der Waals surface area contributed by atoms with Crippen LogP contribution >= 0.6 is 0 Å². The number of rotatable bonds is 7. The highest BCUT2D eigenvalue weighted by Crippen LogP contribution is 2.23. The van der Waals surface area contributed by atoms with E-state index in [-0.39, 0.29) is 28.2 Å². The molecule has 4 N–H and O–H groups in total. The van der Waals surface area contributed by atoms with Crippen LogP contribution in [0.25, 0.3) is 0 Å². The van der Waals surface area contributed by atoms with Crippen molar-refractivity contribution < 1.29 is 39.6 Å². The van der Waals surface area contributed by atoms with E-state index in [0.29, 0.717) is 18.4 Å². The molecule has 160 valence electrons. The van der Waals surface area contributed by atoms with Crippen molar-refractivity contribution in [2.24, 2.45) is 5.92 Å². The number of carbonyl (C=O) groups is 4. The molecule has 0 aliphatic carbocycles. The summed E-state index contributed by atoms with van der Waals surface area (Å²) >= 11 is 0. The third-order valence-electron chi connectivity index (χ3n) is 4.24. The summed E-state index contributed by atoms with van der Waals surface area (Å²) in [7, 11) is 0. The van der Waals surface area contributed by atoms with Crippen LogP contribution in [-0.2, 0) is 12.8 Å². The number of aromatic carboxylic acids is 4. The van der Waals surface area contributed by atoms with Crippen LogP contribution in [0, 0.1) is 5.92 Å². The Bertz CT molecular complexity index is 927. The summed E-state index contributed by atoms with van der Waals surface area (Å²) in [5, 5.41) is 35.4. The van der Waals surface area contributed by atoms with Crippen LogP contribution in [0.5, 0.6) is 0 Å². The highest BCUT2D eigenvalue weighted by atomic mass is 16.4. The van der Waals surface area contributed by atoms with Crippen LogP contribution < -0.4 is 0 Å². The first kappa shape index (κ1) is 24.4. The topological polar surface area (TPSA) is 149 Å². The van der Waals surface area contributed by atoms with Crippen molar-refractivity contribution in [2.45, 2.75) is 33.6 Å². The monoisotopic (exact) mass is 416 g/mol. The number of hydrogen-bond donors (Lipinski definition) is 4. The van der Waals surface area contributed by atoms with Crippen LogP contribution in [0.4, 0.5) is 0 Å². The van der Waals surface area contributed by atoms with E-state index in [1.807, 2.05) is 20.8 Å². The lowest BCUT2D eigenvalue weighted by Crippen LogP contribution is -2.15. The Kier molecular flexibility index (Phi) is 8.73. The van der Waals surface area contributed by atoms with Crippen molar-refractivity contribution in [3.8, 4) is 0 Å². The van der Waals surface area contributed by atoms with Gasteiger partial charge in [-0.3, -0.25) is 0 Å². The normalized spacial score (nSPS) is 10.1. The van der Waals surface area contributed by atoms with Gasteiger partial charge in [0.1, 0.15) is 0 Å². The molecule has 0 aliphatic rings. The molecule has 0 heterocycles. The summed E-state index contributed by atoms with van der Waals surface area (Å²) in [4.78, 5) is 43.4. The van der Waals surface area contributed by atoms with Gasteiger partial charge in [-0.1, -0.05) is 39.0 Å². The van der Waals surface area contributed by atoms with Gasteiger partial charge in [0.15, 0.2) is 0 Å². The molecule has 0 fully saturated rings. The second-order valence-electron chi connectivity index (χ2n) is 6.84. The van der Waals surface area contributed by atoms with E-state index < -0.39 is 23.9 Å². The summed E-state index contributed by atoms with van der Waals surface area (Å²) in [6.45, 7) is 5.91. The lowest BCUT2D eigenvalue weighted by Gasteiger charge is -2.15. The molecule has 0 spiro atoms. The molecule has 30 heavy (non-hydrogen) atoms. The first-order chi connectivity index (χ1) is 14.0. The Labute approximate surface area is 173 Å². The number of aryl methyl sites for hydroxylation is 1.